The first-order valence-corrected chi connectivity index (χ1v) is 13.0. The highest BCUT2D eigenvalue weighted by Crippen LogP contribution is 2.47. The van der Waals surface area contributed by atoms with Crippen LogP contribution in [0.2, 0.25) is 0 Å². The molecule has 0 N–H and O–H groups in total. The van der Waals surface area contributed by atoms with E-state index in [9.17, 15) is 0 Å². The van der Waals surface area contributed by atoms with E-state index in [-0.39, 0.29) is 29.7 Å². The van der Waals surface area contributed by atoms with Crippen LogP contribution in [0, 0.1) is 0 Å². The van der Waals surface area contributed by atoms with E-state index in [0.717, 1.165) is 60.2 Å². The zero-order valence-corrected chi connectivity index (χ0v) is 20.9. The highest BCUT2D eigenvalue weighted by Gasteiger charge is 2.21. The molecule has 1 heteroatoms. The van der Waals surface area contributed by atoms with Gasteiger partial charge in [-0.05, 0) is 56.1 Å². The van der Waals surface area contributed by atoms with Gasteiger partial charge in [-0.25, -0.2) is 0 Å². The van der Waals surface area contributed by atoms with Gasteiger partial charge in [-0.15, -0.1) is 0 Å². The van der Waals surface area contributed by atoms with Crippen molar-refractivity contribution in [1.82, 2.24) is 0 Å². The van der Waals surface area contributed by atoms with Crippen molar-refractivity contribution in [3.8, 4) is 33.4 Å². The predicted octanol–water partition coefficient (Wildman–Crippen LogP) is 10.9. The Bertz CT molecular complexity index is 2400. The fraction of sp³-hybridized carbons (Fsp3) is 0. The van der Waals surface area contributed by atoms with Crippen molar-refractivity contribution in [3.05, 3.63) is 145 Å². The molecule has 0 amide bonds. The lowest BCUT2D eigenvalue weighted by Crippen LogP contribution is -1.91. The molecule has 0 aliphatic heterocycles. The van der Waals surface area contributed by atoms with Crippen LogP contribution >= 0.6 is 0 Å². The van der Waals surface area contributed by atoms with Crippen LogP contribution in [0.5, 0.6) is 0 Å². The fourth-order valence-electron chi connectivity index (χ4n) is 5.85. The molecule has 0 spiro atoms. The molecule has 8 rings (SSSR count). The molecule has 8 aromatic rings. The Balaban J connectivity index is 1.57. The lowest BCUT2D eigenvalue weighted by Gasteiger charge is -2.18. The van der Waals surface area contributed by atoms with Crippen LogP contribution in [-0.2, 0) is 0 Å². The molecule has 0 unspecified atom stereocenters. The maximum absolute atomic E-state index is 8.90. The van der Waals surface area contributed by atoms with E-state index in [4.69, 9.17) is 11.3 Å². The van der Waals surface area contributed by atoms with E-state index in [0.29, 0.717) is 11.1 Å². The Morgan fingerprint density at radius 1 is 0.410 bits per heavy atom. The van der Waals surface area contributed by atoms with Crippen LogP contribution in [0.4, 0.5) is 0 Å². The summed E-state index contributed by atoms with van der Waals surface area (Å²) in [4.78, 5) is 0. The van der Waals surface area contributed by atoms with Gasteiger partial charge in [-0.1, -0.05) is 133 Å². The zero-order chi connectivity index (χ0) is 30.1. The molecule has 0 fully saturated rings. The molecule has 0 saturated carbocycles. The molecule has 0 aliphatic rings. The first-order valence-electron chi connectivity index (χ1n) is 15.5. The van der Waals surface area contributed by atoms with Gasteiger partial charge >= 0.3 is 0 Å². The SMILES string of the molecule is [2H]c1c([2H])c([2H])c(-c2c3ccccc3c(-c3ccc(-c4ccccc4)cc3)c3c2ccc2c4ccccc4oc23)c([2H])c1[2H]. The second-order valence-corrected chi connectivity index (χ2v) is 9.70. The highest BCUT2D eigenvalue weighted by atomic mass is 16.3. The van der Waals surface area contributed by atoms with Gasteiger partial charge in [0.1, 0.15) is 11.2 Å². The van der Waals surface area contributed by atoms with Gasteiger partial charge in [0.25, 0.3) is 0 Å². The monoisotopic (exact) mass is 501 g/mol. The molecule has 0 bridgehead atoms. The third kappa shape index (κ3) is 3.41. The van der Waals surface area contributed by atoms with E-state index < -0.39 is 6.04 Å². The van der Waals surface area contributed by atoms with Crippen LogP contribution in [0.15, 0.2) is 150 Å². The first kappa shape index (κ1) is 17.4. The Labute approximate surface area is 233 Å². The average Bonchev–Trinajstić information content (AvgIpc) is 3.46. The van der Waals surface area contributed by atoms with Crippen LogP contribution in [0.1, 0.15) is 6.85 Å². The Morgan fingerprint density at radius 2 is 1.00 bits per heavy atom. The maximum atomic E-state index is 8.90. The standard InChI is InChI=1S/C38H24O/c1-3-11-25(12-4-1)26-19-21-28(22-20-26)36-31-17-8-7-16-30(31)35(27-13-5-2-6-14-27)33-24-23-32-29-15-9-10-18-34(29)39-38(32)37(33)36/h1-24H/i2D,5D,6D,13D,14D. The molecule has 1 aromatic heterocycles. The van der Waals surface area contributed by atoms with E-state index in [1.54, 1.807) is 0 Å². The number of fused-ring (bicyclic) bond motifs is 6. The van der Waals surface area contributed by atoms with Crippen molar-refractivity contribution in [3.63, 3.8) is 0 Å². The molecule has 0 atom stereocenters. The van der Waals surface area contributed by atoms with Gasteiger partial charge in [0.05, 0.1) is 6.85 Å². The number of benzene rings is 7. The molecule has 1 nitrogen and oxygen atoms in total. The normalized spacial score (nSPS) is 13.4. The number of furan rings is 1. The van der Waals surface area contributed by atoms with E-state index in [2.05, 4.69) is 36.4 Å². The van der Waals surface area contributed by atoms with Crippen molar-refractivity contribution >= 4 is 43.5 Å². The quantitative estimate of drug-likeness (QED) is 0.219. The minimum atomic E-state index is -0.410. The Kier molecular flexibility index (Phi) is 3.89. The maximum Gasteiger partial charge on any atom is 0.143 e. The van der Waals surface area contributed by atoms with Crippen LogP contribution in [0.25, 0.3) is 76.9 Å². The van der Waals surface area contributed by atoms with Crippen LogP contribution < -0.4 is 0 Å². The number of para-hydroxylation sites is 1. The summed E-state index contributed by atoms with van der Waals surface area (Å²) in [6.07, 6.45) is 0. The van der Waals surface area contributed by atoms with Crippen molar-refractivity contribution in [2.75, 3.05) is 0 Å². The predicted molar refractivity (Wildman–Crippen MR) is 165 cm³/mol. The molecule has 0 saturated heterocycles. The van der Waals surface area contributed by atoms with Crippen molar-refractivity contribution in [2.24, 2.45) is 0 Å². The van der Waals surface area contributed by atoms with Crippen molar-refractivity contribution in [2.45, 2.75) is 0 Å². The second kappa shape index (κ2) is 8.72. The fourth-order valence-corrected chi connectivity index (χ4v) is 5.85. The lowest BCUT2D eigenvalue weighted by molar-refractivity contribution is 0.673. The minimum Gasteiger partial charge on any atom is -0.455 e. The smallest absolute Gasteiger partial charge is 0.143 e. The van der Waals surface area contributed by atoms with E-state index in [1.807, 2.05) is 78.9 Å². The molecule has 7 aromatic carbocycles. The summed E-state index contributed by atoms with van der Waals surface area (Å²) in [5, 5.41) is 5.26. The third-order valence-corrected chi connectivity index (χ3v) is 7.56. The summed E-state index contributed by atoms with van der Waals surface area (Å²) >= 11 is 0. The lowest BCUT2D eigenvalue weighted by atomic mass is 9.85. The summed E-state index contributed by atoms with van der Waals surface area (Å²) in [5.74, 6) is 0. The Morgan fingerprint density at radius 3 is 1.77 bits per heavy atom. The van der Waals surface area contributed by atoms with Gasteiger partial charge in [0, 0.05) is 21.7 Å². The molecular weight excluding hydrogens is 472 g/mol. The summed E-state index contributed by atoms with van der Waals surface area (Å²) in [6.45, 7) is 0. The molecule has 1 heterocycles. The van der Waals surface area contributed by atoms with Crippen molar-refractivity contribution in [1.29, 1.82) is 0 Å². The average molecular weight is 502 g/mol. The van der Waals surface area contributed by atoms with Gasteiger partial charge in [0.15, 0.2) is 0 Å². The molecular formula is C38H24O. The van der Waals surface area contributed by atoms with Gasteiger partial charge in [0.2, 0.25) is 0 Å². The van der Waals surface area contributed by atoms with Gasteiger partial charge < -0.3 is 4.42 Å². The van der Waals surface area contributed by atoms with Gasteiger partial charge in [-0.2, -0.15) is 0 Å². The van der Waals surface area contributed by atoms with Gasteiger partial charge in [-0.3, -0.25) is 0 Å². The van der Waals surface area contributed by atoms with E-state index >= 15 is 0 Å². The highest BCUT2D eigenvalue weighted by molar-refractivity contribution is 6.29. The number of hydrogen-bond donors (Lipinski definition) is 0. The molecule has 182 valence electrons. The largest absolute Gasteiger partial charge is 0.455 e. The van der Waals surface area contributed by atoms with Crippen LogP contribution in [0.3, 0.4) is 0 Å². The molecule has 0 radical (unpaired) electrons. The van der Waals surface area contributed by atoms with E-state index in [1.165, 1.54) is 0 Å². The number of hydrogen-bond acceptors (Lipinski definition) is 1. The molecule has 0 aliphatic carbocycles. The summed E-state index contributed by atoms with van der Waals surface area (Å²) in [7, 11) is 0. The Hall–Kier alpha value is -5.14. The summed E-state index contributed by atoms with van der Waals surface area (Å²) < 4.78 is 49.5. The minimum absolute atomic E-state index is 0.179. The van der Waals surface area contributed by atoms with Crippen molar-refractivity contribution < 1.29 is 11.3 Å². The molecule has 39 heavy (non-hydrogen) atoms. The summed E-state index contributed by atoms with van der Waals surface area (Å²) in [6, 6.07) is 37.0. The third-order valence-electron chi connectivity index (χ3n) is 7.56. The first-order chi connectivity index (χ1) is 21.4. The summed E-state index contributed by atoms with van der Waals surface area (Å²) in [5.41, 5.74) is 6.43. The second-order valence-electron chi connectivity index (χ2n) is 9.70. The number of rotatable bonds is 3. The van der Waals surface area contributed by atoms with Crippen LogP contribution in [-0.4, -0.2) is 0 Å². The topological polar surface area (TPSA) is 13.1 Å². The zero-order valence-electron chi connectivity index (χ0n) is 25.9.